The number of hydrogen-bond donors (Lipinski definition) is 6. The molecular weight excluding hydrogens is 540 g/mol. The van der Waals surface area contributed by atoms with Crippen LogP contribution in [0.3, 0.4) is 0 Å². The fraction of sp³-hybridized carbons (Fsp3) is 0.444. The van der Waals surface area contributed by atoms with Crippen molar-refractivity contribution in [3.63, 3.8) is 0 Å². The molecule has 0 saturated heterocycles. The number of aliphatic hydroxyl groups excluding tert-OH is 2. The molecule has 3 aliphatic carbocycles. The lowest BCUT2D eigenvalue weighted by atomic mass is 9.58. The summed E-state index contributed by atoms with van der Waals surface area (Å²) in [7, 11) is 6.46. The van der Waals surface area contributed by atoms with Crippen molar-refractivity contribution >= 4 is 40.7 Å². The third-order valence-electron chi connectivity index (χ3n) is 7.86. The molecule has 0 saturated carbocycles. The van der Waals surface area contributed by atoms with Gasteiger partial charge in [0, 0.05) is 38.2 Å². The molecule has 0 bridgehead atoms. The van der Waals surface area contributed by atoms with Gasteiger partial charge in [-0.3, -0.25) is 28.9 Å². The number of anilines is 2. The van der Waals surface area contributed by atoms with E-state index < -0.39 is 82.3 Å². The molecule has 0 spiro atoms. The minimum atomic E-state index is -2.76. The van der Waals surface area contributed by atoms with Crippen LogP contribution in [0, 0.1) is 11.8 Å². The number of primary amides is 1. The molecule has 41 heavy (non-hydrogen) atoms. The fourth-order valence-corrected chi connectivity index (χ4v) is 6.15. The van der Waals surface area contributed by atoms with Crippen LogP contribution in [0.4, 0.5) is 11.4 Å². The second kappa shape index (κ2) is 10.2. The number of amides is 2. The summed E-state index contributed by atoms with van der Waals surface area (Å²) in [4.78, 5) is 66.0. The summed E-state index contributed by atoms with van der Waals surface area (Å²) >= 11 is 0. The minimum Gasteiger partial charge on any atom is -0.510 e. The number of fused-ring (bicyclic) bond motifs is 3. The number of hydrogen-bond acceptors (Lipinski definition) is 12. The number of phenolic OH excluding ortho intramolecular Hbond substituents is 1. The van der Waals surface area contributed by atoms with Gasteiger partial charge in [-0.2, -0.15) is 0 Å². The first-order valence-electron chi connectivity index (χ1n) is 12.7. The highest BCUT2D eigenvalue weighted by atomic mass is 16.5. The quantitative estimate of drug-likeness (QED) is 0.147. The van der Waals surface area contributed by atoms with Crippen LogP contribution in [-0.4, -0.2) is 101 Å². The van der Waals surface area contributed by atoms with E-state index in [0.29, 0.717) is 11.3 Å². The molecule has 14 nitrogen and oxygen atoms in total. The maximum Gasteiger partial charge on any atom is 0.303 e. The van der Waals surface area contributed by atoms with Crippen molar-refractivity contribution in [2.75, 3.05) is 45.0 Å². The van der Waals surface area contributed by atoms with Gasteiger partial charge in [0.1, 0.15) is 17.1 Å². The Labute approximate surface area is 234 Å². The Kier molecular flexibility index (Phi) is 7.35. The number of benzene rings is 1. The summed E-state index contributed by atoms with van der Waals surface area (Å²) in [5, 5.41) is 47.5. The molecule has 0 heterocycles. The number of ether oxygens (including phenoxy) is 1. The van der Waals surface area contributed by atoms with E-state index in [2.05, 4.69) is 10.1 Å². The highest BCUT2D eigenvalue weighted by Crippen LogP contribution is 2.53. The van der Waals surface area contributed by atoms with Crippen LogP contribution < -0.4 is 16.0 Å². The maximum absolute atomic E-state index is 14.0. The molecule has 0 aromatic heterocycles. The first kappa shape index (κ1) is 29.6. The number of nitrogens with one attached hydrogen (secondary N) is 1. The molecule has 1 aromatic rings. The van der Waals surface area contributed by atoms with Crippen molar-refractivity contribution in [3.05, 3.63) is 39.9 Å². The number of phenols is 1. The van der Waals surface area contributed by atoms with E-state index in [0.717, 1.165) is 6.92 Å². The van der Waals surface area contributed by atoms with Crippen molar-refractivity contribution in [2.24, 2.45) is 17.6 Å². The van der Waals surface area contributed by atoms with E-state index in [9.17, 15) is 44.4 Å². The lowest BCUT2D eigenvalue weighted by Crippen LogP contribution is -2.63. The highest BCUT2D eigenvalue weighted by Gasteiger charge is 2.63. The standard InChI is InChI=1S/C27H32N4O10/c1-10(32)41-9-16(33)29-14-8-15(30(2)3)12-6-11-7-13-20(31(4)5)23(36)19(26(28)39)25(38)27(13,40)24(37)17(11)22(35)18(12)21(14)34/h8,11,13,20,34,36-37,40H,6-7,9H2,1-5H3,(H2,28,39)(H,29,33)/t11?,13?,20-,27?/m0/s1. The number of carbonyl (C=O) groups is 5. The third kappa shape index (κ3) is 4.48. The average Bonchev–Trinajstić information content (AvgIpc) is 2.85. The fourth-order valence-electron chi connectivity index (χ4n) is 6.15. The molecule has 0 radical (unpaired) electrons. The van der Waals surface area contributed by atoms with Crippen LogP contribution >= 0.6 is 0 Å². The number of nitrogens with zero attached hydrogens (tertiary/aromatic N) is 2. The second-order valence-corrected chi connectivity index (χ2v) is 10.8. The molecule has 7 N–H and O–H groups in total. The lowest BCUT2D eigenvalue weighted by Gasteiger charge is -2.50. The number of aliphatic hydroxyl groups is 3. The molecular formula is C27H32N4O10. The zero-order valence-electron chi connectivity index (χ0n) is 23.1. The minimum absolute atomic E-state index is 0.0553. The van der Waals surface area contributed by atoms with E-state index in [-0.39, 0.29) is 29.7 Å². The molecule has 14 heteroatoms. The topological polar surface area (TPSA) is 220 Å². The van der Waals surface area contributed by atoms with Crippen molar-refractivity contribution in [1.82, 2.24) is 4.90 Å². The predicted molar refractivity (Wildman–Crippen MR) is 143 cm³/mol. The number of nitrogens with two attached hydrogens (primary N) is 1. The van der Waals surface area contributed by atoms with Gasteiger partial charge in [0.15, 0.2) is 23.7 Å². The molecule has 220 valence electrons. The molecule has 3 aliphatic rings. The van der Waals surface area contributed by atoms with Gasteiger partial charge in [0.2, 0.25) is 5.78 Å². The van der Waals surface area contributed by atoms with Crippen LogP contribution in [0.1, 0.15) is 29.3 Å². The summed E-state index contributed by atoms with van der Waals surface area (Å²) in [6, 6.07) is 0.346. The summed E-state index contributed by atoms with van der Waals surface area (Å²) in [6.45, 7) is 0.477. The number of aromatic hydroxyl groups is 1. The Bertz CT molecular complexity index is 1460. The second-order valence-electron chi connectivity index (χ2n) is 10.8. The average molecular weight is 573 g/mol. The van der Waals surface area contributed by atoms with Gasteiger partial charge >= 0.3 is 5.97 Å². The normalized spacial score (nSPS) is 25.4. The zero-order valence-corrected chi connectivity index (χ0v) is 23.1. The first-order chi connectivity index (χ1) is 19.0. The summed E-state index contributed by atoms with van der Waals surface area (Å²) in [5.41, 5.74) is 1.77. The monoisotopic (exact) mass is 572 g/mol. The van der Waals surface area contributed by atoms with E-state index in [1.807, 2.05) is 0 Å². The van der Waals surface area contributed by atoms with Gasteiger partial charge in [-0.25, -0.2) is 0 Å². The molecule has 4 rings (SSSR count). The largest absolute Gasteiger partial charge is 0.510 e. The van der Waals surface area contributed by atoms with Gasteiger partial charge < -0.3 is 41.1 Å². The SMILES string of the molecule is CC(=O)OCC(=O)Nc1cc(N(C)C)c2c(c1O)C(=O)C1=C(O)C3(O)C(=O)C(C(N)=O)=C(O)[C@@H](N(C)C)C3CC1C2. The van der Waals surface area contributed by atoms with E-state index in [1.54, 1.807) is 33.1 Å². The summed E-state index contributed by atoms with van der Waals surface area (Å²) in [5.74, 6) is -9.19. The number of Topliss-reactive ketones (excluding diaryl/α,β-unsaturated/α-hetero) is 2. The smallest absolute Gasteiger partial charge is 0.303 e. The van der Waals surface area contributed by atoms with E-state index >= 15 is 0 Å². The van der Waals surface area contributed by atoms with Crippen LogP contribution in [0.15, 0.2) is 28.7 Å². The number of ketones is 2. The predicted octanol–water partition coefficient (Wildman–Crippen LogP) is -0.312. The molecule has 0 fully saturated rings. The van der Waals surface area contributed by atoms with Crippen LogP contribution in [0.5, 0.6) is 5.75 Å². The van der Waals surface area contributed by atoms with Crippen molar-refractivity contribution < 1.29 is 49.1 Å². The van der Waals surface area contributed by atoms with Crippen LogP contribution in [0.2, 0.25) is 0 Å². The van der Waals surface area contributed by atoms with Crippen LogP contribution in [0.25, 0.3) is 0 Å². The van der Waals surface area contributed by atoms with E-state index in [1.165, 1.54) is 11.0 Å². The van der Waals surface area contributed by atoms with Crippen molar-refractivity contribution in [2.45, 2.75) is 31.4 Å². The molecule has 1 aromatic carbocycles. The van der Waals surface area contributed by atoms with Crippen molar-refractivity contribution in [3.8, 4) is 5.75 Å². The molecule has 4 atom stereocenters. The molecule has 2 amide bonds. The summed E-state index contributed by atoms with van der Waals surface area (Å²) in [6.07, 6.45) is 0.0253. The van der Waals surface area contributed by atoms with Crippen molar-refractivity contribution in [1.29, 1.82) is 0 Å². The lowest BCUT2D eigenvalue weighted by molar-refractivity contribution is -0.148. The van der Waals surface area contributed by atoms with Gasteiger partial charge in [-0.05, 0) is 44.5 Å². The Balaban J connectivity index is 1.90. The van der Waals surface area contributed by atoms with Gasteiger partial charge in [0.25, 0.3) is 11.8 Å². The Morgan fingerprint density at radius 2 is 1.78 bits per heavy atom. The Morgan fingerprint density at radius 3 is 2.32 bits per heavy atom. The number of carbonyl (C=O) groups excluding carboxylic acids is 5. The van der Waals surface area contributed by atoms with Crippen LogP contribution in [-0.2, 0) is 30.3 Å². The Hall–Kier alpha value is -4.43. The molecule has 3 unspecified atom stereocenters. The first-order valence-corrected chi connectivity index (χ1v) is 12.7. The summed E-state index contributed by atoms with van der Waals surface area (Å²) < 4.78 is 4.67. The third-order valence-corrected chi connectivity index (χ3v) is 7.86. The Morgan fingerprint density at radius 1 is 1.15 bits per heavy atom. The van der Waals surface area contributed by atoms with E-state index in [4.69, 9.17) is 5.73 Å². The zero-order chi connectivity index (χ0) is 30.7. The van der Waals surface area contributed by atoms with Gasteiger partial charge in [-0.1, -0.05) is 0 Å². The molecule has 0 aliphatic heterocycles. The number of likely N-dealkylation sites (N-methyl/N-ethyl adjacent to an activating group) is 1. The number of allylic oxidation sites excluding steroid dienone is 1. The highest BCUT2D eigenvalue weighted by molar-refractivity contribution is 6.25. The van der Waals surface area contributed by atoms with Gasteiger partial charge in [0.05, 0.1) is 17.3 Å². The maximum atomic E-state index is 14.0. The number of esters is 1. The van der Waals surface area contributed by atoms with Gasteiger partial charge in [-0.15, -0.1) is 0 Å². The number of rotatable bonds is 6.